The summed E-state index contributed by atoms with van der Waals surface area (Å²) in [5.41, 5.74) is 2.84. The SMILES string of the molecule is CC(F)(F)c1ccc(-c2cnc3nc(N4CCC(N5CCCCC5)CC4)oc3c2)cc1. The molecule has 1 aromatic carbocycles. The van der Waals surface area contributed by atoms with Crippen molar-refractivity contribution in [1.29, 1.82) is 0 Å². The average molecular weight is 427 g/mol. The molecule has 0 atom stereocenters. The lowest BCUT2D eigenvalue weighted by Gasteiger charge is -2.39. The Labute approximate surface area is 181 Å². The molecule has 2 aliphatic heterocycles. The molecule has 0 spiro atoms. The summed E-state index contributed by atoms with van der Waals surface area (Å²) in [7, 11) is 0. The lowest BCUT2D eigenvalue weighted by molar-refractivity contribution is 0.0175. The van der Waals surface area contributed by atoms with Gasteiger partial charge < -0.3 is 14.2 Å². The van der Waals surface area contributed by atoms with E-state index < -0.39 is 5.92 Å². The van der Waals surface area contributed by atoms with Crippen molar-refractivity contribution in [3.8, 4) is 11.1 Å². The molecule has 0 saturated carbocycles. The predicted octanol–water partition coefficient (Wildman–Crippen LogP) is 5.46. The largest absolute Gasteiger partial charge is 0.422 e. The van der Waals surface area contributed by atoms with Crippen molar-refractivity contribution in [3.05, 3.63) is 42.1 Å². The van der Waals surface area contributed by atoms with Crippen LogP contribution in [0.15, 0.2) is 40.9 Å². The first-order valence-corrected chi connectivity index (χ1v) is 11.2. The molecule has 0 aliphatic carbocycles. The van der Waals surface area contributed by atoms with Gasteiger partial charge in [-0.1, -0.05) is 30.7 Å². The maximum absolute atomic E-state index is 13.5. The highest BCUT2D eigenvalue weighted by molar-refractivity contribution is 5.77. The second kappa shape index (κ2) is 8.19. The Balaban J connectivity index is 1.30. The number of alkyl halides is 2. The quantitative estimate of drug-likeness (QED) is 0.555. The molecule has 2 aromatic heterocycles. The molecule has 7 heteroatoms. The topological polar surface area (TPSA) is 45.4 Å². The number of halogens is 2. The highest BCUT2D eigenvalue weighted by Gasteiger charge is 2.28. The number of likely N-dealkylation sites (tertiary alicyclic amines) is 1. The Hall–Kier alpha value is -2.54. The van der Waals surface area contributed by atoms with E-state index in [4.69, 9.17) is 4.42 Å². The minimum Gasteiger partial charge on any atom is -0.422 e. The number of benzene rings is 1. The zero-order chi connectivity index (χ0) is 21.4. The highest BCUT2D eigenvalue weighted by Crippen LogP contribution is 2.31. The van der Waals surface area contributed by atoms with Gasteiger partial charge in [0.25, 0.3) is 11.9 Å². The molecule has 2 fully saturated rings. The Morgan fingerprint density at radius 1 is 0.968 bits per heavy atom. The predicted molar refractivity (Wildman–Crippen MR) is 117 cm³/mol. The van der Waals surface area contributed by atoms with Crippen LogP contribution in [0.2, 0.25) is 0 Å². The fourth-order valence-electron chi connectivity index (χ4n) is 4.76. The molecule has 2 saturated heterocycles. The summed E-state index contributed by atoms with van der Waals surface area (Å²) in [4.78, 5) is 13.9. The van der Waals surface area contributed by atoms with E-state index >= 15 is 0 Å². The van der Waals surface area contributed by atoms with Crippen LogP contribution in [-0.4, -0.2) is 47.1 Å². The van der Waals surface area contributed by atoms with Crippen LogP contribution in [-0.2, 0) is 5.92 Å². The molecule has 3 aromatic rings. The number of aromatic nitrogens is 2. The molecule has 0 unspecified atom stereocenters. The van der Waals surface area contributed by atoms with Crippen LogP contribution in [0.3, 0.4) is 0 Å². The van der Waals surface area contributed by atoms with Gasteiger partial charge in [0.05, 0.1) is 0 Å². The smallest absolute Gasteiger partial charge is 0.299 e. The van der Waals surface area contributed by atoms with Gasteiger partial charge in [0.15, 0.2) is 5.58 Å². The van der Waals surface area contributed by atoms with E-state index in [1.807, 2.05) is 6.07 Å². The van der Waals surface area contributed by atoms with Crippen LogP contribution in [0.25, 0.3) is 22.4 Å². The zero-order valence-electron chi connectivity index (χ0n) is 17.9. The Bertz CT molecular complexity index is 1030. The number of hydrogen-bond donors (Lipinski definition) is 0. The van der Waals surface area contributed by atoms with Gasteiger partial charge in [-0.2, -0.15) is 4.98 Å². The number of piperidine rings is 2. The Morgan fingerprint density at radius 2 is 1.68 bits per heavy atom. The van der Waals surface area contributed by atoms with Crippen LogP contribution in [0, 0.1) is 0 Å². The summed E-state index contributed by atoms with van der Waals surface area (Å²) >= 11 is 0. The van der Waals surface area contributed by atoms with Crippen LogP contribution >= 0.6 is 0 Å². The van der Waals surface area contributed by atoms with Gasteiger partial charge in [-0.3, -0.25) is 0 Å². The van der Waals surface area contributed by atoms with Gasteiger partial charge in [-0.15, -0.1) is 0 Å². The van der Waals surface area contributed by atoms with Crippen molar-refractivity contribution in [2.75, 3.05) is 31.1 Å². The first-order valence-electron chi connectivity index (χ1n) is 11.2. The molecule has 164 valence electrons. The normalized spacial score (nSPS) is 19.3. The lowest BCUT2D eigenvalue weighted by Crippen LogP contribution is -2.46. The van der Waals surface area contributed by atoms with Crippen LogP contribution in [0.5, 0.6) is 0 Å². The first-order chi connectivity index (χ1) is 15.0. The summed E-state index contributed by atoms with van der Waals surface area (Å²) in [5.74, 6) is -2.85. The number of nitrogens with zero attached hydrogens (tertiary/aromatic N) is 4. The monoisotopic (exact) mass is 426 g/mol. The van der Waals surface area contributed by atoms with E-state index in [9.17, 15) is 8.78 Å². The number of pyridine rings is 1. The molecule has 4 heterocycles. The van der Waals surface area contributed by atoms with E-state index in [1.165, 1.54) is 44.5 Å². The Kier molecular flexibility index (Phi) is 5.38. The minimum atomic E-state index is -2.85. The van der Waals surface area contributed by atoms with E-state index in [2.05, 4.69) is 19.8 Å². The maximum atomic E-state index is 13.5. The van der Waals surface area contributed by atoms with Gasteiger partial charge in [-0.25, -0.2) is 13.8 Å². The van der Waals surface area contributed by atoms with Crippen molar-refractivity contribution in [3.63, 3.8) is 0 Å². The van der Waals surface area contributed by atoms with E-state index in [0.29, 0.717) is 23.3 Å². The third-order valence-corrected chi connectivity index (χ3v) is 6.60. The number of fused-ring (bicyclic) bond motifs is 1. The third-order valence-electron chi connectivity index (χ3n) is 6.60. The fraction of sp³-hybridized carbons (Fsp3) is 0.500. The van der Waals surface area contributed by atoms with Crippen molar-refractivity contribution >= 4 is 17.2 Å². The molecule has 5 nitrogen and oxygen atoms in total. The number of hydrogen-bond acceptors (Lipinski definition) is 5. The molecule has 0 bridgehead atoms. The maximum Gasteiger partial charge on any atom is 0.299 e. The third kappa shape index (κ3) is 4.28. The molecule has 0 amide bonds. The number of rotatable bonds is 4. The standard InChI is InChI=1S/C24H28F2N4O/c1-24(25,26)19-7-5-17(6-8-19)18-15-21-22(27-16-18)28-23(31-21)30-13-9-20(10-14-30)29-11-3-2-4-12-29/h5-8,15-16,20H,2-4,9-14H2,1H3. The second-order valence-electron chi connectivity index (χ2n) is 8.82. The van der Waals surface area contributed by atoms with Crippen molar-refractivity contribution in [1.82, 2.24) is 14.9 Å². The second-order valence-corrected chi connectivity index (χ2v) is 8.82. The molecule has 0 radical (unpaired) electrons. The zero-order valence-corrected chi connectivity index (χ0v) is 17.9. The molecular formula is C24H28F2N4O. The number of anilines is 1. The van der Waals surface area contributed by atoms with Crippen LogP contribution in [0.1, 0.15) is 44.6 Å². The van der Waals surface area contributed by atoms with Crippen LogP contribution in [0.4, 0.5) is 14.8 Å². The van der Waals surface area contributed by atoms with Crippen LogP contribution < -0.4 is 4.90 Å². The van der Waals surface area contributed by atoms with Gasteiger partial charge in [0.1, 0.15) is 0 Å². The lowest BCUT2D eigenvalue weighted by atomic mass is 10.0. The molecule has 2 aliphatic rings. The van der Waals surface area contributed by atoms with Crippen molar-refractivity contribution in [2.24, 2.45) is 0 Å². The highest BCUT2D eigenvalue weighted by atomic mass is 19.3. The van der Waals surface area contributed by atoms with Gasteiger partial charge in [0, 0.05) is 43.4 Å². The van der Waals surface area contributed by atoms with Gasteiger partial charge in [-0.05, 0) is 50.4 Å². The minimum absolute atomic E-state index is 0.000180. The van der Waals surface area contributed by atoms with Crippen molar-refractivity contribution < 1.29 is 13.2 Å². The number of oxazole rings is 1. The van der Waals surface area contributed by atoms with Crippen molar-refractivity contribution in [2.45, 2.75) is 51.0 Å². The molecule has 5 rings (SSSR count). The summed E-state index contributed by atoms with van der Waals surface area (Å²) in [6, 6.07) is 9.48. The summed E-state index contributed by atoms with van der Waals surface area (Å²) in [6.45, 7) is 5.25. The van der Waals surface area contributed by atoms with E-state index in [-0.39, 0.29) is 5.56 Å². The summed E-state index contributed by atoms with van der Waals surface area (Å²) < 4.78 is 33.0. The van der Waals surface area contributed by atoms with E-state index in [1.54, 1.807) is 18.3 Å². The summed E-state index contributed by atoms with van der Waals surface area (Å²) in [6.07, 6.45) is 7.99. The van der Waals surface area contributed by atoms with Gasteiger partial charge in [0.2, 0.25) is 5.65 Å². The Morgan fingerprint density at radius 3 is 2.35 bits per heavy atom. The molecule has 31 heavy (non-hydrogen) atoms. The fourth-order valence-corrected chi connectivity index (χ4v) is 4.76. The molecular weight excluding hydrogens is 398 g/mol. The van der Waals surface area contributed by atoms with E-state index in [0.717, 1.165) is 44.0 Å². The average Bonchev–Trinajstić information content (AvgIpc) is 3.23. The summed E-state index contributed by atoms with van der Waals surface area (Å²) in [5, 5.41) is 0. The molecule has 0 N–H and O–H groups in total. The van der Waals surface area contributed by atoms with Gasteiger partial charge >= 0.3 is 0 Å². The first kappa shape index (κ1) is 20.4.